The normalized spacial score (nSPS) is 17.4. The standard InChI is InChI=1S/C14H21N3OS/c1-10-7-11(8-12(15)17-10)13(18)16-9-14(19-2)5-3-4-6-14/h7-8H,3-6,9H2,1-2H3,(H2,15,17)(H,16,18). The van der Waals surface area contributed by atoms with E-state index in [0.29, 0.717) is 11.4 Å². The van der Waals surface area contributed by atoms with Crippen molar-refractivity contribution in [3.05, 3.63) is 23.4 Å². The van der Waals surface area contributed by atoms with Gasteiger partial charge in [0.1, 0.15) is 5.82 Å². The van der Waals surface area contributed by atoms with E-state index in [0.717, 1.165) is 12.2 Å². The number of nitrogen functional groups attached to an aromatic ring is 1. The molecule has 1 fully saturated rings. The number of amides is 1. The van der Waals surface area contributed by atoms with Gasteiger partial charge in [0.2, 0.25) is 0 Å². The van der Waals surface area contributed by atoms with Gasteiger partial charge in [-0.3, -0.25) is 4.79 Å². The summed E-state index contributed by atoms with van der Waals surface area (Å²) in [5, 5.41) is 3.04. The number of thioether (sulfide) groups is 1. The molecule has 1 aromatic heterocycles. The quantitative estimate of drug-likeness (QED) is 0.888. The SMILES string of the molecule is CSC1(CNC(=O)c2cc(C)nc(N)c2)CCCC1. The molecule has 1 aliphatic rings. The number of carbonyl (C=O) groups is 1. The highest BCUT2D eigenvalue weighted by molar-refractivity contribution is 8.00. The summed E-state index contributed by atoms with van der Waals surface area (Å²) in [5.41, 5.74) is 7.04. The lowest BCUT2D eigenvalue weighted by Crippen LogP contribution is -2.38. The van der Waals surface area contributed by atoms with Crippen LogP contribution < -0.4 is 11.1 Å². The van der Waals surface area contributed by atoms with Crippen molar-refractivity contribution >= 4 is 23.5 Å². The van der Waals surface area contributed by atoms with Crippen molar-refractivity contribution in [2.75, 3.05) is 18.5 Å². The van der Waals surface area contributed by atoms with Crippen LogP contribution in [0.5, 0.6) is 0 Å². The van der Waals surface area contributed by atoms with Crippen molar-refractivity contribution in [3.8, 4) is 0 Å². The number of nitrogens with two attached hydrogens (primary N) is 1. The first-order valence-electron chi connectivity index (χ1n) is 6.62. The van der Waals surface area contributed by atoms with Crippen molar-refractivity contribution in [1.82, 2.24) is 10.3 Å². The lowest BCUT2D eigenvalue weighted by atomic mass is 10.1. The number of nitrogens with zero attached hydrogens (tertiary/aromatic N) is 1. The van der Waals surface area contributed by atoms with Crippen molar-refractivity contribution in [2.45, 2.75) is 37.4 Å². The van der Waals surface area contributed by atoms with Gasteiger partial charge in [0, 0.05) is 22.5 Å². The van der Waals surface area contributed by atoms with E-state index in [1.54, 1.807) is 12.1 Å². The van der Waals surface area contributed by atoms with E-state index in [4.69, 9.17) is 5.73 Å². The number of carbonyl (C=O) groups excluding carboxylic acids is 1. The number of nitrogens with one attached hydrogen (secondary N) is 1. The van der Waals surface area contributed by atoms with Gasteiger partial charge in [0.25, 0.3) is 5.91 Å². The summed E-state index contributed by atoms with van der Waals surface area (Å²) >= 11 is 1.87. The first-order chi connectivity index (χ1) is 9.04. The molecular formula is C14H21N3OS. The molecule has 0 aromatic carbocycles. The molecular weight excluding hydrogens is 258 g/mol. The second-order valence-corrected chi connectivity index (χ2v) is 6.47. The van der Waals surface area contributed by atoms with Gasteiger partial charge in [-0.05, 0) is 38.2 Å². The number of aromatic nitrogens is 1. The summed E-state index contributed by atoms with van der Waals surface area (Å²) in [6, 6.07) is 3.40. The minimum absolute atomic E-state index is 0.0578. The smallest absolute Gasteiger partial charge is 0.251 e. The monoisotopic (exact) mass is 279 g/mol. The zero-order chi connectivity index (χ0) is 13.9. The van der Waals surface area contributed by atoms with Gasteiger partial charge >= 0.3 is 0 Å². The van der Waals surface area contributed by atoms with Crippen LogP contribution in [-0.4, -0.2) is 28.4 Å². The summed E-state index contributed by atoms with van der Waals surface area (Å²) in [6.07, 6.45) is 7.03. The Bertz CT molecular complexity index is 450. The van der Waals surface area contributed by atoms with Gasteiger partial charge in [-0.2, -0.15) is 11.8 Å². The van der Waals surface area contributed by atoms with Gasteiger partial charge in [-0.1, -0.05) is 12.8 Å². The highest BCUT2D eigenvalue weighted by Crippen LogP contribution is 2.39. The minimum Gasteiger partial charge on any atom is -0.384 e. The lowest BCUT2D eigenvalue weighted by molar-refractivity contribution is 0.0949. The predicted octanol–water partition coefficient (Wildman–Crippen LogP) is 2.38. The molecule has 0 spiro atoms. The average Bonchev–Trinajstić information content (AvgIpc) is 2.84. The van der Waals surface area contributed by atoms with Gasteiger partial charge in [0.15, 0.2) is 0 Å². The van der Waals surface area contributed by atoms with Gasteiger partial charge in [0.05, 0.1) is 0 Å². The Hall–Kier alpha value is -1.23. The highest BCUT2D eigenvalue weighted by atomic mass is 32.2. The van der Waals surface area contributed by atoms with Crippen LogP contribution in [0.3, 0.4) is 0 Å². The molecule has 0 saturated heterocycles. The highest BCUT2D eigenvalue weighted by Gasteiger charge is 2.33. The number of pyridine rings is 1. The molecule has 104 valence electrons. The molecule has 1 amide bonds. The Balaban J connectivity index is 2.01. The molecule has 4 nitrogen and oxygen atoms in total. The number of aryl methyl sites for hydroxylation is 1. The summed E-state index contributed by atoms with van der Waals surface area (Å²) in [7, 11) is 0. The Morgan fingerprint density at radius 1 is 1.47 bits per heavy atom. The van der Waals surface area contributed by atoms with Crippen LogP contribution in [0.25, 0.3) is 0 Å². The Morgan fingerprint density at radius 3 is 2.74 bits per heavy atom. The fourth-order valence-corrected chi connectivity index (χ4v) is 3.55. The topological polar surface area (TPSA) is 68.0 Å². The largest absolute Gasteiger partial charge is 0.384 e. The van der Waals surface area contributed by atoms with E-state index in [9.17, 15) is 4.79 Å². The van der Waals surface area contributed by atoms with Crippen molar-refractivity contribution < 1.29 is 4.79 Å². The molecule has 0 atom stereocenters. The summed E-state index contributed by atoms with van der Waals surface area (Å²) in [4.78, 5) is 16.2. The van der Waals surface area contributed by atoms with Crippen LogP contribution >= 0.6 is 11.8 Å². The summed E-state index contributed by atoms with van der Waals surface area (Å²) < 4.78 is 0.225. The first-order valence-corrected chi connectivity index (χ1v) is 7.85. The molecule has 1 saturated carbocycles. The molecule has 1 heterocycles. The fourth-order valence-electron chi connectivity index (χ4n) is 2.64. The number of anilines is 1. The Morgan fingerprint density at radius 2 is 2.16 bits per heavy atom. The van der Waals surface area contributed by atoms with Crippen LogP contribution in [0.2, 0.25) is 0 Å². The second-order valence-electron chi connectivity index (χ2n) is 5.20. The van der Waals surface area contributed by atoms with Crippen molar-refractivity contribution in [3.63, 3.8) is 0 Å². The molecule has 0 aliphatic heterocycles. The molecule has 2 rings (SSSR count). The minimum atomic E-state index is -0.0578. The summed E-state index contributed by atoms with van der Waals surface area (Å²) in [6.45, 7) is 2.57. The molecule has 1 aromatic rings. The zero-order valence-electron chi connectivity index (χ0n) is 11.5. The summed E-state index contributed by atoms with van der Waals surface area (Å²) in [5.74, 6) is 0.336. The molecule has 3 N–H and O–H groups in total. The van der Waals surface area contributed by atoms with Crippen LogP contribution in [0.15, 0.2) is 12.1 Å². The fraction of sp³-hybridized carbons (Fsp3) is 0.571. The van der Waals surface area contributed by atoms with Crippen molar-refractivity contribution in [2.24, 2.45) is 0 Å². The third-order valence-corrected chi connectivity index (χ3v) is 5.17. The van der Waals surface area contributed by atoms with E-state index < -0.39 is 0 Å². The molecule has 0 radical (unpaired) electrons. The number of hydrogen-bond acceptors (Lipinski definition) is 4. The molecule has 1 aliphatic carbocycles. The number of hydrogen-bond donors (Lipinski definition) is 2. The molecule has 5 heteroatoms. The van der Waals surface area contributed by atoms with E-state index >= 15 is 0 Å². The lowest BCUT2D eigenvalue weighted by Gasteiger charge is -2.26. The van der Waals surface area contributed by atoms with Gasteiger partial charge in [-0.15, -0.1) is 0 Å². The second kappa shape index (κ2) is 5.82. The van der Waals surface area contributed by atoms with Crippen LogP contribution in [0, 0.1) is 6.92 Å². The predicted molar refractivity (Wildman–Crippen MR) is 80.4 cm³/mol. The maximum absolute atomic E-state index is 12.2. The number of rotatable bonds is 4. The van der Waals surface area contributed by atoms with E-state index in [1.165, 1.54) is 25.7 Å². The maximum atomic E-state index is 12.2. The third-order valence-electron chi connectivity index (χ3n) is 3.75. The van der Waals surface area contributed by atoms with Gasteiger partial charge < -0.3 is 11.1 Å². The molecule has 0 bridgehead atoms. The average molecular weight is 279 g/mol. The Kier molecular flexibility index (Phi) is 4.34. The van der Waals surface area contributed by atoms with Crippen molar-refractivity contribution in [1.29, 1.82) is 0 Å². The zero-order valence-corrected chi connectivity index (χ0v) is 12.3. The van der Waals surface area contributed by atoms with Crippen LogP contribution in [0.1, 0.15) is 41.7 Å². The molecule has 0 unspecified atom stereocenters. The van der Waals surface area contributed by atoms with Gasteiger partial charge in [-0.25, -0.2) is 4.98 Å². The Labute approximate surface area is 118 Å². The molecule has 19 heavy (non-hydrogen) atoms. The van der Waals surface area contributed by atoms with E-state index in [-0.39, 0.29) is 10.7 Å². The van der Waals surface area contributed by atoms with Crippen LogP contribution in [-0.2, 0) is 0 Å². The van der Waals surface area contributed by atoms with E-state index in [2.05, 4.69) is 16.6 Å². The van der Waals surface area contributed by atoms with Crippen LogP contribution in [0.4, 0.5) is 5.82 Å². The third kappa shape index (κ3) is 3.41. The first kappa shape index (κ1) is 14.2. The van der Waals surface area contributed by atoms with E-state index in [1.807, 2.05) is 18.7 Å². The maximum Gasteiger partial charge on any atom is 0.251 e.